The maximum atomic E-state index is 13.6. The van der Waals surface area contributed by atoms with Crippen molar-refractivity contribution in [3.05, 3.63) is 89.9 Å². The molecule has 37 heavy (non-hydrogen) atoms. The monoisotopic (exact) mass is 503 g/mol. The first-order chi connectivity index (χ1) is 17.9. The molecule has 0 aliphatic carbocycles. The van der Waals surface area contributed by atoms with Gasteiger partial charge in [0.1, 0.15) is 6.04 Å². The zero-order valence-electron chi connectivity index (χ0n) is 20.5. The highest BCUT2D eigenvalue weighted by molar-refractivity contribution is 6.04. The van der Waals surface area contributed by atoms with Crippen LogP contribution in [0.5, 0.6) is 0 Å². The van der Waals surface area contributed by atoms with Gasteiger partial charge in [-0.05, 0) is 61.7 Å². The van der Waals surface area contributed by atoms with E-state index in [9.17, 15) is 19.2 Å². The molecule has 0 spiro atoms. The summed E-state index contributed by atoms with van der Waals surface area (Å²) in [4.78, 5) is 52.8. The van der Waals surface area contributed by atoms with Crippen molar-refractivity contribution in [1.82, 2.24) is 10.6 Å². The number of ether oxygens (including phenoxy) is 1. The summed E-state index contributed by atoms with van der Waals surface area (Å²) >= 11 is 0. The number of hydrogen-bond donors (Lipinski definition) is 2. The van der Waals surface area contributed by atoms with Crippen LogP contribution in [-0.2, 0) is 14.3 Å². The molecule has 192 valence electrons. The highest BCUT2D eigenvalue weighted by atomic mass is 16.5. The van der Waals surface area contributed by atoms with E-state index in [1.54, 1.807) is 54.6 Å². The van der Waals surface area contributed by atoms with Gasteiger partial charge >= 0.3 is 0 Å². The summed E-state index contributed by atoms with van der Waals surface area (Å²) in [5.74, 6) is -1.51. The molecular weight excluding hydrogens is 474 g/mol. The molecule has 2 N–H and O–H groups in total. The lowest BCUT2D eigenvalue weighted by Gasteiger charge is -2.32. The zero-order valence-corrected chi connectivity index (χ0v) is 20.5. The van der Waals surface area contributed by atoms with E-state index in [0.717, 1.165) is 12.8 Å². The van der Waals surface area contributed by atoms with E-state index in [4.69, 9.17) is 9.15 Å². The van der Waals surface area contributed by atoms with Crippen LogP contribution in [0.2, 0.25) is 0 Å². The predicted octanol–water partition coefficient (Wildman–Crippen LogP) is 3.28. The second-order valence-corrected chi connectivity index (χ2v) is 8.72. The first-order valence-electron chi connectivity index (χ1n) is 12.1. The first kappa shape index (κ1) is 25.8. The molecule has 0 unspecified atom stereocenters. The molecule has 1 aromatic heterocycles. The van der Waals surface area contributed by atoms with E-state index in [1.165, 1.54) is 24.2 Å². The van der Waals surface area contributed by atoms with Gasteiger partial charge in [0.25, 0.3) is 5.91 Å². The quantitative estimate of drug-likeness (QED) is 0.410. The van der Waals surface area contributed by atoms with Crippen LogP contribution >= 0.6 is 0 Å². The first-order valence-corrected chi connectivity index (χ1v) is 12.1. The highest BCUT2D eigenvalue weighted by Crippen LogP contribution is 2.29. The van der Waals surface area contributed by atoms with Crippen LogP contribution in [0.25, 0.3) is 0 Å². The third-order valence-corrected chi connectivity index (χ3v) is 6.12. The van der Waals surface area contributed by atoms with Crippen molar-refractivity contribution in [2.24, 2.45) is 0 Å². The van der Waals surface area contributed by atoms with Crippen molar-refractivity contribution in [2.75, 3.05) is 24.6 Å². The summed E-state index contributed by atoms with van der Waals surface area (Å²) in [6, 6.07) is 17.4. The lowest BCUT2D eigenvalue weighted by molar-refractivity contribution is -0.126. The van der Waals surface area contributed by atoms with E-state index in [2.05, 4.69) is 10.6 Å². The Morgan fingerprint density at radius 2 is 1.73 bits per heavy atom. The van der Waals surface area contributed by atoms with Crippen LogP contribution in [0.3, 0.4) is 0 Å². The zero-order chi connectivity index (χ0) is 26.2. The van der Waals surface area contributed by atoms with Crippen molar-refractivity contribution >= 4 is 29.2 Å². The lowest BCUT2D eigenvalue weighted by atomic mass is 10.0. The fraction of sp³-hybridized carbons (Fsp3) is 0.286. The van der Waals surface area contributed by atoms with Gasteiger partial charge in [-0.25, -0.2) is 0 Å². The Labute approximate surface area is 214 Å². The summed E-state index contributed by atoms with van der Waals surface area (Å²) in [5.41, 5.74) is 1.47. The standard InChI is InChI=1S/C28H29N3O6/c1-19(32)20-11-13-22(14-12-20)31(25(33)18-30-27(34)24-10-6-16-37-24)26(21-7-3-2-4-8-21)28(35)29-17-23-9-5-15-36-23/h2-4,6-8,10-14,16,23,26H,5,9,15,17-18H2,1H3,(H,29,35)(H,30,34)/t23-,26+/m1/s1. The van der Waals surface area contributed by atoms with Gasteiger partial charge in [0.2, 0.25) is 11.8 Å². The second-order valence-electron chi connectivity index (χ2n) is 8.72. The number of amides is 3. The van der Waals surface area contributed by atoms with Crippen molar-refractivity contribution < 1.29 is 28.3 Å². The molecule has 2 aromatic carbocycles. The SMILES string of the molecule is CC(=O)c1ccc(N(C(=O)CNC(=O)c2ccco2)[C@H](C(=O)NC[C@H]2CCCO2)c2ccccc2)cc1. The normalized spacial score (nSPS) is 15.5. The molecule has 3 aromatic rings. The molecule has 1 fully saturated rings. The van der Waals surface area contributed by atoms with Gasteiger partial charge in [0.05, 0.1) is 18.9 Å². The van der Waals surface area contributed by atoms with Gasteiger partial charge in [-0.1, -0.05) is 30.3 Å². The predicted molar refractivity (Wildman–Crippen MR) is 136 cm³/mol. The molecule has 3 amide bonds. The van der Waals surface area contributed by atoms with Crippen LogP contribution in [0.15, 0.2) is 77.4 Å². The molecular formula is C28H29N3O6. The number of benzene rings is 2. The third kappa shape index (κ3) is 6.50. The van der Waals surface area contributed by atoms with Gasteiger partial charge < -0.3 is 19.8 Å². The van der Waals surface area contributed by atoms with Crippen LogP contribution < -0.4 is 15.5 Å². The number of nitrogens with one attached hydrogen (secondary N) is 2. The molecule has 1 aliphatic heterocycles. The number of carbonyl (C=O) groups is 4. The molecule has 1 aliphatic rings. The molecule has 0 saturated carbocycles. The fourth-order valence-corrected chi connectivity index (χ4v) is 4.20. The van der Waals surface area contributed by atoms with E-state index >= 15 is 0 Å². The van der Waals surface area contributed by atoms with Gasteiger partial charge in [-0.2, -0.15) is 0 Å². The Hall–Kier alpha value is -4.24. The van der Waals surface area contributed by atoms with Gasteiger partial charge in [-0.15, -0.1) is 0 Å². The Kier molecular flexibility index (Phi) is 8.48. The van der Waals surface area contributed by atoms with Crippen molar-refractivity contribution in [2.45, 2.75) is 31.9 Å². The third-order valence-electron chi connectivity index (χ3n) is 6.12. The number of ketones is 1. The molecule has 9 heteroatoms. The largest absolute Gasteiger partial charge is 0.459 e. The summed E-state index contributed by atoms with van der Waals surface area (Å²) in [6.45, 7) is 2.05. The number of rotatable bonds is 10. The molecule has 4 rings (SSSR count). The maximum Gasteiger partial charge on any atom is 0.287 e. The lowest BCUT2D eigenvalue weighted by Crippen LogP contribution is -2.48. The van der Waals surface area contributed by atoms with Crippen LogP contribution in [0.4, 0.5) is 5.69 Å². The van der Waals surface area contributed by atoms with Crippen LogP contribution in [-0.4, -0.2) is 49.3 Å². The van der Waals surface area contributed by atoms with Gasteiger partial charge in [0, 0.05) is 24.4 Å². The van der Waals surface area contributed by atoms with E-state index in [1.807, 2.05) is 6.07 Å². The van der Waals surface area contributed by atoms with Crippen molar-refractivity contribution in [3.8, 4) is 0 Å². The minimum absolute atomic E-state index is 0.0686. The Morgan fingerprint density at radius 1 is 0.973 bits per heavy atom. The smallest absolute Gasteiger partial charge is 0.287 e. The second kappa shape index (κ2) is 12.1. The molecule has 0 radical (unpaired) electrons. The van der Waals surface area contributed by atoms with Crippen molar-refractivity contribution in [1.29, 1.82) is 0 Å². The van der Waals surface area contributed by atoms with Crippen LogP contribution in [0.1, 0.15) is 52.3 Å². The Balaban J connectivity index is 1.65. The summed E-state index contributed by atoms with van der Waals surface area (Å²) in [6.07, 6.45) is 3.07. The van der Waals surface area contributed by atoms with Gasteiger partial charge in [0.15, 0.2) is 11.5 Å². The molecule has 2 atom stereocenters. The fourth-order valence-electron chi connectivity index (χ4n) is 4.20. The number of furan rings is 1. The average Bonchev–Trinajstić information content (AvgIpc) is 3.64. The van der Waals surface area contributed by atoms with Crippen LogP contribution in [0, 0.1) is 0 Å². The van der Waals surface area contributed by atoms with E-state index in [-0.39, 0.29) is 30.1 Å². The molecule has 0 bridgehead atoms. The maximum absolute atomic E-state index is 13.6. The number of hydrogen-bond acceptors (Lipinski definition) is 6. The molecule has 1 saturated heterocycles. The topological polar surface area (TPSA) is 118 Å². The van der Waals surface area contributed by atoms with Crippen molar-refractivity contribution in [3.63, 3.8) is 0 Å². The summed E-state index contributed by atoms with van der Waals surface area (Å²) < 4.78 is 10.7. The minimum Gasteiger partial charge on any atom is -0.459 e. The highest BCUT2D eigenvalue weighted by Gasteiger charge is 2.33. The number of carbonyl (C=O) groups excluding carboxylic acids is 4. The Morgan fingerprint density at radius 3 is 2.35 bits per heavy atom. The molecule has 9 nitrogen and oxygen atoms in total. The summed E-state index contributed by atoms with van der Waals surface area (Å²) in [5, 5.41) is 5.49. The average molecular weight is 504 g/mol. The summed E-state index contributed by atoms with van der Waals surface area (Å²) in [7, 11) is 0. The number of nitrogens with zero attached hydrogens (tertiary/aromatic N) is 1. The van der Waals surface area contributed by atoms with E-state index in [0.29, 0.717) is 30.0 Å². The van der Waals surface area contributed by atoms with E-state index < -0.39 is 17.9 Å². The van der Waals surface area contributed by atoms with Gasteiger partial charge in [-0.3, -0.25) is 24.1 Å². The minimum atomic E-state index is -1.03. The number of anilines is 1. The molecule has 2 heterocycles. The number of Topliss-reactive ketones (excluding diaryl/α,β-unsaturated/α-hetero) is 1. The Bertz CT molecular complexity index is 1220.